The maximum atomic E-state index is 16.4. The number of fused-ring (bicyclic) bond motifs is 4. The standard InChI is InChI=1S/C27H23F2N5/c1-15-14-30-24-17(15)10-7-11-18(24)22-19(28)13-20-25(23(22)29)34-21(12-16-8-5-4-6-9-16)32-33-26(34)27(2,3)31-20/h4-11,13-14,30-31H,12H2,1-3H3. The highest BCUT2D eigenvalue weighted by molar-refractivity contribution is 5.97. The number of nitrogens with one attached hydrogen (secondary N) is 2. The SMILES string of the molecule is Cc1c[nH]c2c(-c3c(F)cc4c(c3F)-n3c(Cc5ccccc5)nnc3C(C)(C)N4)cccc12. The van der Waals surface area contributed by atoms with Crippen LogP contribution in [0.4, 0.5) is 14.5 Å². The lowest BCUT2D eigenvalue weighted by Gasteiger charge is -2.34. The van der Waals surface area contributed by atoms with Gasteiger partial charge in [0, 0.05) is 29.6 Å². The van der Waals surface area contributed by atoms with Gasteiger partial charge in [-0.05, 0) is 31.9 Å². The van der Waals surface area contributed by atoms with E-state index in [4.69, 9.17) is 0 Å². The van der Waals surface area contributed by atoms with Crippen molar-refractivity contribution < 1.29 is 8.78 Å². The molecule has 34 heavy (non-hydrogen) atoms. The number of aromatic nitrogens is 4. The molecule has 0 spiro atoms. The molecular weight excluding hydrogens is 432 g/mol. The Hall–Kier alpha value is -4.00. The van der Waals surface area contributed by atoms with Gasteiger partial charge in [0.05, 0.1) is 22.3 Å². The van der Waals surface area contributed by atoms with E-state index in [0.717, 1.165) is 16.5 Å². The van der Waals surface area contributed by atoms with Crippen LogP contribution in [0, 0.1) is 18.6 Å². The summed E-state index contributed by atoms with van der Waals surface area (Å²) in [4.78, 5) is 3.18. The molecule has 0 radical (unpaired) electrons. The zero-order valence-corrected chi connectivity index (χ0v) is 19.1. The summed E-state index contributed by atoms with van der Waals surface area (Å²) in [5, 5.41) is 13.0. The predicted octanol–water partition coefficient (Wildman–Crippen LogP) is 6.25. The number of benzene rings is 3. The molecule has 0 aliphatic carbocycles. The quantitative estimate of drug-likeness (QED) is 0.338. The highest BCUT2D eigenvalue weighted by Crippen LogP contribution is 2.43. The Labute approximate surface area is 195 Å². The molecule has 1 aliphatic rings. The molecule has 0 bridgehead atoms. The lowest BCUT2D eigenvalue weighted by molar-refractivity contribution is 0.516. The Bertz CT molecular complexity index is 1560. The normalized spacial score (nSPS) is 14.0. The maximum absolute atomic E-state index is 16.4. The molecule has 3 aromatic carbocycles. The van der Waals surface area contributed by atoms with Crippen LogP contribution in [0.5, 0.6) is 0 Å². The van der Waals surface area contributed by atoms with Crippen molar-refractivity contribution in [1.29, 1.82) is 0 Å². The molecule has 0 saturated carbocycles. The number of anilines is 1. The van der Waals surface area contributed by atoms with Crippen LogP contribution in [-0.2, 0) is 12.0 Å². The number of rotatable bonds is 3. The van der Waals surface area contributed by atoms with Crippen molar-refractivity contribution >= 4 is 16.6 Å². The third-order valence-electron chi connectivity index (χ3n) is 6.55. The first kappa shape index (κ1) is 20.6. The van der Waals surface area contributed by atoms with Crippen LogP contribution < -0.4 is 5.32 Å². The van der Waals surface area contributed by atoms with Crippen LogP contribution in [0.1, 0.15) is 36.6 Å². The lowest BCUT2D eigenvalue weighted by atomic mass is 9.95. The molecule has 5 aromatic rings. The molecule has 2 aromatic heterocycles. The van der Waals surface area contributed by atoms with Crippen molar-refractivity contribution in [3.05, 3.63) is 95.2 Å². The van der Waals surface area contributed by atoms with Gasteiger partial charge in [-0.15, -0.1) is 10.2 Å². The third-order valence-corrected chi connectivity index (χ3v) is 6.55. The lowest BCUT2D eigenvalue weighted by Crippen LogP contribution is -2.36. The van der Waals surface area contributed by atoms with Gasteiger partial charge in [-0.3, -0.25) is 4.57 Å². The van der Waals surface area contributed by atoms with E-state index in [9.17, 15) is 0 Å². The van der Waals surface area contributed by atoms with Crippen molar-refractivity contribution in [2.45, 2.75) is 32.7 Å². The summed E-state index contributed by atoms with van der Waals surface area (Å²) in [7, 11) is 0. The molecule has 6 rings (SSSR count). The number of aromatic amines is 1. The van der Waals surface area contributed by atoms with Gasteiger partial charge in [-0.25, -0.2) is 8.78 Å². The summed E-state index contributed by atoms with van der Waals surface area (Å²) in [6, 6.07) is 16.7. The molecule has 0 amide bonds. The molecule has 5 nitrogen and oxygen atoms in total. The maximum Gasteiger partial charge on any atom is 0.162 e. The molecule has 170 valence electrons. The Morgan fingerprint density at radius 3 is 2.59 bits per heavy atom. The van der Waals surface area contributed by atoms with Crippen LogP contribution in [-0.4, -0.2) is 19.7 Å². The average molecular weight is 456 g/mol. The van der Waals surface area contributed by atoms with Gasteiger partial charge in [0.25, 0.3) is 0 Å². The Morgan fingerprint density at radius 2 is 1.79 bits per heavy atom. The van der Waals surface area contributed by atoms with Crippen molar-refractivity contribution in [3.8, 4) is 16.8 Å². The summed E-state index contributed by atoms with van der Waals surface area (Å²) in [5.74, 6) is -0.0905. The topological polar surface area (TPSA) is 58.5 Å². The summed E-state index contributed by atoms with van der Waals surface area (Å²) in [6.45, 7) is 5.82. The largest absolute Gasteiger partial charge is 0.371 e. The minimum Gasteiger partial charge on any atom is -0.371 e. The number of para-hydroxylation sites is 1. The van der Waals surface area contributed by atoms with Gasteiger partial charge >= 0.3 is 0 Å². The second kappa shape index (κ2) is 7.25. The summed E-state index contributed by atoms with van der Waals surface area (Å²) in [5.41, 5.74) is 3.12. The molecule has 0 fully saturated rings. The fourth-order valence-electron chi connectivity index (χ4n) is 4.91. The Morgan fingerprint density at radius 1 is 1.00 bits per heavy atom. The second-order valence-corrected chi connectivity index (χ2v) is 9.33. The molecule has 0 atom stereocenters. The van der Waals surface area contributed by atoms with Crippen molar-refractivity contribution in [2.24, 2.45) is 0 Å². The van der Waals surface area contributed by atoms with Crippen LogP contribution >= 0.6 is 0 Å². The van der Waals surface area contributed by atoms with Gasteiger partial charge in [-0.1, -0.05) is 48.5 Å². The van der Waals surface area contributed by atoms with E-state index in [1.54, 1.807) is 10.6 Å². The zero-order valence-electron chi connectivity index (χ0n) is 19.1. The van der Waals surface area contributed by atoms with Gasteiger partial charge in [0.15, 0.2) is 11.6 Å². The van der Waals surface area contributed by atoms with E-state index in [1.165, 1.54) is 6.07 Å². The van der Waals surface area contributed by atoms with E-state index in [2.05, 4.69) is 20.5 Å². The Kier molecular flexibility index (Phi) is 4.39. The van der Waals surface area contributed by atoms with Gasteiger partial charge in [0.2, 0.25) is 0 Å². The fraction of sp³-hybridized carbons (Fsp3) is 0.185. The molecule has 2 N–H and O–H groups in total. The molecule has 3 heterocycles. The molecule has 7 heteroatoms. The highest BCUT2D eigenvalue weighted by atomic mass is 19.1. The van der Waals surface area contributed by atoms with Crippen LogP contribution in [0.15, 0.2) is 60.8 Å². The number of hydrogen-bond donors (Lipinski definition) is 2. The highest BCUT2D eigenvalue weighted by Gasteiger charge is 2.38. The molecule has 0 unspecified atom stereocenters. The zero-order chi connectivity index (χ0) is 23.6. The van der Waals surface area contributed by atoms with Crippen molar-refractivity contribution in [3.63, 3.8) is 0 Å². The first-order valence-electron chi connectivity index (χ1n) is 11.2. The predicted molar refractivity (Wildman–Crippen MR) is 129 cm³/mol. The van der Waals surface area contributed by atoms with E-state index in [0.29, 0.717) is 34.8 Å². The molecule has 0 saturated heterocycles. The smallest absolute Gasteiger partial charge is 0.162 e. The van der Waals surface area contributed by atoms with Crippen LogP contribution in [0.2, 0.25) is 0 Å². The Balaban J connectivity index is 1.61. The second-order valence-electron chi connectivity index (χ2n) is 9.33. The average Bonchev–Trinajstić information content (AvgIpc) is 3.39. The molecular formula is C27H23F2N5. The summed E-state index contributed by atoms with van der Waals surface area (Å²) < 4.78 is 33.7. The summed E-state index contributed by atoms with van der Waals surface area (Å²) >= 11 is 0. The van der Waals surface area contributed by atoms with Crippen LogP contribution in [0.3, 0.4) is 0 Å². The number of hydrogen-bond acceptors (Lipinski definition) is 3. The van der Waals surface area contributed by atoms with E-state index >= 15 is 8.78 Å². The first-order valence-corrected chi connectivity index (χ1v) is 11.2. The summed E-state index contributed by atoms with van der Waals surface area (Å²) in [6.07, 6.45) is 2.32. The van der Waals surface area contributed by atoms with Crippen molar-refractivity contribution in [2.75, 3.05) is 5.32 Å². The minimum absolute atomic E-state index is 0.0713. The van der Waals surface area contributed by atoms with Gasteiger partial charge < -0.3 is 10.3 Å². The van der Waals surface area contributed by atoms with E-state index in [-0.39, 0.29) is 11.3 Å². The number of halogens is 2. The number of nitrogens with zero attached hydrogens (tertiary/aromatic N) is 3. The fourth-order valence-corrected chi connectivity index (χ4v) is 4.91. The number of H-pyrrole nitrogens is 1. The third kappa shape index (κ3) is 2.96. The monoisotopic (exact) mass is 455 g/mol. The van der Waals surface area contributed by atoms with Gasteiger partial charge in [0.1, 0.15) is 17.3 Å². The van der Waals surface area contributed by atoms with E-state index in [1.807, 2.05) is 69.4 Å². The molecule has 1 aliphatic heterocycles. The first-order chi connectivity index (χ1) is 16.3. The van der Waals surface area contributed by atoms with Crippen molar-refractivity contribution in [1.82, 2.24) is 19.7 Å². The number of aryl methyl sites for hydroxylation is 1. The van der Waals surface area contributed by atoms with Gasteiger partial charge in [-0.2, -0.15) is 0 Å². The van der Waals surface area contributed by atoms with Crippen LogP contribution in [0.25, 0.3) is 27.7 Å². The minimum atomic E-state index is -0.661. The van der Waals surface area contributed by atoms with E-state index < -0.39 is 17.2 Å².